The molecule has 1 aromatic carbocycles. The third-order valence-corrected chi connectivity index (χ3v) is 4.56. The van der Waals surface area contributed by atoms with Gasteiger partial charge >= 0.3 is 0 Å². The molecule has 0 spiro atoms. The second-order valence-electron chi connectivity index (χ2n) is 4.94. The predicted octanol–water partition coefficient (Wildman–Crippen LogP) is 1.98. The van der Waals surface area contributed by atoms with E-state index < -0.39 is 0 Å². The molecule has 2 aliphatic heterocycles. The first-order valence-electron chi connectivity index (χ1n) is 6.81. The van der Waals surface area contributed by atoms with Crippen molar-refractivity contribution < 1.29 is 9.47 Å². The minimum atomic E-state index is 0.606. The van der Waals surface area contributed by atoms with Gasteiger partial charge in [-0.25, -0.2) is 0 Å². The number of thioether (sulfide) groups is 1. The molecule has 1 saturated heterocycles. The predicted molar refractivity (Wildman–Crippen MR) is 79.1 cm³/mol. The molecule has 0 radical (unpaired) electrons. The molecule has 0 amide bonds. The van der Waals surface area contributed by atoms with E-state index in [0.717, 1.165) is 42.4 Å². The molecule has 19 heavy (non-hydrogen) atoms. The normalized spacial score (nSPS) is 20.0. The largest absolute Gasteiger partial charge is 0.486 e. The summed E-state index contributed by atoms with van der Waals surface area (Å²) in [7, 11) is 0. The van der Waals surface area contributed by atoms with E-state index in [2.05, 4.69) is 4.90 Å². The molecule has 1 fully saturated rings. The first kappa shape index (κ1) is 12.9. The molecule has 0 bridgehead atoms. The molecule has 0 aliphatic carbocycles. The standard InChI is InChI=1S/C14H20N2O2S/c15-12-9-14-13(17-4-5-18-14)8-11(12)10-16-2-1-6-19-7-3-16/h8-9H,1-7,10,15H2. The second-order valence-corrected chi connectivity index (χ2v) is 6.16. The van der Waals surface area contributed by atoms with Crippen molar-refractivity contribution in [1.82, 2.24) is 4.90 Å². The number of benzene rings is 1. The molecule has 5 heteroatoms. The van der Waals surface area contributed by atoms with Crippen LogP contribution in [-0.2, 0) is 6.54 Å². The third kappa shape index (κ3) is 3.09. The highest BCUT2D eigenvalue weighted by atomic mass is 32.2. The number of nitrogens with two attached hydrogens (primary N) is 1. The first-order chi connectivity index (χ1) is 9.33. The van der Waals surface area contributed by atoms with Gasteiger partial charge in [0.2, 0.25) is 0 Å². The fraction of sp³-hybridized carbons (Fsp3) is 0.571. The van der Waals surface area contributed by atoms with Gasteiger partial charge in [0, 0.05) is 30.6 Å². The van der Waals surface area contributed by atoms with Gasteiger partial charge in [-0.05, 0) is 30.3 Å². The molecular formula is C14H20N2O2S. The van der Waals surface area contributed by atoms with Crippen LogP contribution in [0.25, 0.3) is 0 Å². The number of nitrogens with zero attached hydrogens (tertiary/aromatic N) is 1. The number of nitrogen functional groups attached to an aromatic ring is 1. The average molecular weight is 280 g/mol. The summed E-state index contributed by atoms with van der Waals surface area (Å²) in [5.41, 5.74) is 8.09. The summed E-state index contributed by atoms with van der Waals surface area (Å²) in [6.45, 7) is 4.42. The molecule has 2 N–H and O–H groups in total. The van der Waals surface area contributed by atoms with Crippen molar-refractivity contribution in [2.24, 2.45) is 0 Å². The van der Waals surface area contributed by atoms with E-state index in [9.17, 15) is 0 Å². The molecular weight excluding hydrogens is 260 g/mol. The highest BCUT2D eigenvalue weighted by molar-refractivity contribution is 7.99. The van der Waals surface area contributed by atoms with Crippen LogP contribution in [0.3, 0.4) is 0 Å². The molecule has 2 aliphatic rings. The monoisotopic (exact) mass is 280 g/mol. The van der Waals surface area contributed by atoms with E-state index in [4.69, 9.17) is 15.2 Å². The van der Waals surface area contributed by atoms with Crippen molar-refractivity contribution in [3.05, 3.63) is 17.7 Å². The molecule has 4 nitrogen and oxygen atoms in total. The fourth-order valence-corrected chi connectivity index (χ4v) is 3.40. The number of rotatable bonds is 2. The summed E-state index contributed by atoms with van der Waals surface area (Å²) in [6, 6.07) is 3.94. The van der Waals surface area contributed by atoms with Crippen LogP contribution in [0, 0.1) is 0 Å². The minimum Gasteiger partial charge on any atom is -0.486 e. The van der Waals surface area contributed by atoms with Crippen molar-refractivity contribution in [2.75, 3.05) is 43.5 Å². The third-order valence-electron chi connectivity index (χ3n) is 3.51. The Bertz CT molecular complexity index is 445. The van der Waals surface area contributed by atoms with Gasteiger partial charge in [0.1, 0.15) is 13.2 Å². The maximum absolute atomic E-state index is 6.13. The Morgan fingerprint density at radius 3 is 2.74 bits per heavy atom. The zero-order valence-corrected chi connectivity index (χ0v) is 11.9. The Hall–Kier alpha value is -1.07. The summed E-state index contributed by atoms with van der Waals surface area (Å²) in [4.78, 5) is 2.47. The SMILES string of the molecule is Nc1cc2c(cc1CN1CCCSCC1)OCCO2. The van der Waals surface area contributed by atoms with E-state index in [1.807, 2.05) is 23.9 Å². The maximum atomic E-state index is 6.13. The van der Waals surface area contributed by atoms with E-state index in [1.54, 1.807) is 0 Å². The van der Waals surface area contributed by atoms with E-state index in [-0.39, 0.29) is 0 Å². The first-order valence-corrected chi connectivity index (χ1v) is 7.96. The van der Waals surface area contributed by atoms with Gasteiger partial charge in [0.15, 0.2) is 11.5 Å². The van der Waals surface area contributed by atoms with Crippen LogP contribution in [0.2, 0.25) is 0 Å². The lowest BCUT2D eigenvalue weighted by molar-refractivity contribution is 0.171. The van der Waals surface area contributed by atoms with Crippen LogP contribution in [0.5, 0.6) is 11.5 Å². The molecule has 104 valence electrons. The van der Waals surface area contributed by atoms with Gasteiger partial charge in [-0.2, -0.15) is 11.8 Å². The van der Waals surface area contributed by atoms with E-state index >= 15 is 0 Å². The smallest absolute Gasteiger partial charge is 0.163 e. The van der Waals surface area contributed by atoms with Gasteiger partial charge in [0.25, 0.3) is 0 Å². The number of ether oxygens (including phenoxy) is 2. The topological polar surface area (TPSA) is 47.7 Å². The van der Waals surface area contributed by atoms with Gasteiger partial charge < -0.3 is 15.2 Å². The van der Waals surface area contributed by atoms with Gasteiger partial charge in [-0.1, -0.05) is 0 Å². The minimum absolute atomic E-state index is 0.606. The highest BCUT2D eigenvalue weighted by Gasteiger charge is 2.17. The summed E-state index contributed by atoms with van der Waals surface area (Å²) in [5.74, 6) is 4.09. The van der Waals surface area contributed by atoms with Gasteiger partial charge in [0.05, 0.1) is 0 Å². The summed E-state index contributed by atoms with van der Waals surface area (Å²) in [5, 5.41) is 0. The lowest BCUT2D eigenvalue weighted by Gasteiger charge is -2.23. The quantitative estimate of drug-likeness (QED) is 0.839. The van der Waals surface area contributed by atoms with Crippen molar-refractivity contribution in [1.29, 1.82) is 0 Å². The Labute approximate surface area is 118 Å². The molecule has 0 saturated carbocycles. The zero-order valence-electron chi connectivity index (χ0n) is 11.1. The molecule has 2 heterocycles. The average Bonchev–Trinajstić information content (AvgIpc) is 2.68. The maximum Gasteiger partial charge on any atom is 0.163 e. The Balaban J connectivity index is 1.76. The molecule has 0 unspecified atom stereocenters. The van der Waals surface area contributed by atoms with Crippen LogP contribution in [0.4, 0.5) is 5.69 Å². The molecule has 3 rings (SSSR count). The van der Waals surface area contributed by atoms with E-state index in [0.29, 0.717) is 13.2 Å². The fourth-order valence-electron chi connectivity index (χ4n) is 2.48. The lowest BCUT2D eigenvalue weighted by atomic mass is 10.1. The van der Waals surface area contributed by atoms with Crippen molar-refractivity contribution in [2.45, 2.75) is 13.0 Å². The summed E-state index contributed by atoms with van der Waals surface area (Å²) < 4.78 is 11.2. The highest BCUT2D eigenvalue weighted by Crippen LogP contribution is 2.35. The zero-order chi connectivity index (χ0) is 13.1. The number of hydrogen-bond acceptors (Lipinski definition) is 5. The second kappa shape index (κ2) is 5.92. The Kier molecular flexibility index (Phi) is 4.03. The van der Waals surface area contributed by atoms with Crippen molar-refractivity contribution >= 4 is 17.4 Å². The van der Waals surface area contributed by atoms with Crippen LogP contribution in [-0.4, -0.2) is 42.7 Å². The van der Waals surface area contributed by atoms with Crippen LogP contribution < -0.4 is 15.2 Å². The van der Waals surface area contributed by atoms with Gasteiger partial charge in [-0.15, -0.1) is 0 Å². The van der Waals surface area contributed by atoms with Crippen LogP contribution >= 0.6 is 11.8 Å². The Morgan fingerprint density at radius 1 is 1.11 bits per heavy atom. The van der Waals surface area contributed by atoms with E-state index in [1.165, 1.54) is 17.9 Å². The van der Waals surface area contributed by atoms with Crippen LogP contribution in [0.1, 0.15) is 12.0 Å². The molecule has 1 aromatic rings. The molecule has 0 atom stereocenters. The van der Waals surface area contributed by atoms with Crippen molar-refractivity contribution in [3.8, 4) is 11.5 Å². The summed E-state index contributed by atoms with van der Waals surface area (Å²) in [6.07, 6.45) is 1.26. The Morgan fingerprint density at radius 2 is 1.89 bits per heavy atom. The number of anilines is 1. The summed E-state index contributed by atoms with van der Waals surface area (Å²) >= 11 is 2.04. The molecule has 0 aromatic heterocycles. The lowest BCUT2D eigenvalue weighted by Crippen LogP contribution is -2.26. The number of fused-ring (bicyclic) bond motifs is 1. The van der Waals surface area contributed by atoms with Crippen LogP contribution in [0.15, 0.2) is 12.1 Å². The van der Waals surface area contributed by atoms with Gasteiger partial charge in [-0.3, -0.25) is 4.90 Å². The van der Waals surface area contributed by atoms with Crippen molar-refractivity contribution in [3.63, 3.8) is 0 Å². The number of hydrogen-bond donors (Lipinski definition) is 1.